The van der Waals surface area contributed by atoms with Gasteiger partial charge in [-0.3, -0.25) is 0 Å². The van der Waals surface area contributed by atoms with E-state index in [-0.39, 0.29) is 0 Å². The Hall–Kier alpha value is -1.01. The van der Waals surface area contributed by atoms with Crippen molar-refractivity contribution in [2.45, 2.75) is 32.2 Å². The first kappa shape index (κ1) is 13.0. The molecular weight excluding hydrogens is 324 g/mol. The van der Waals surface area contributed by atoms with Crippen LogP contribution in [0.1, 0.15) is 35.3 Å². The monoisotopic (exact) mass is 338 g/mol. The van der Waals surface area contributed by atoms with Crippen molar-refractivity contribution in [3.8, 4) is 0 Å². The molecule has 3 rings (SSSR count). The summed E-state index contributed by atoms with van der Waals surface area (Å²) in [7, 11) is 2.04. The Labute approximate surface area is 125 Å². The van der Waals surface area contributed by atoms with Gasteiger partial charge in [-0.15, -0.1) is 11.3 Å². The van der Waals surface area contributed by atoms with E-state index in [1.807, 2.05) is 20.0 Å². The molecule has 2 aromatic rings. The summed E-state index contributed by atoms with van der Waals surface area (Å²) >= 11 is 5.16. The largest absolute Gasteiger partial charge is 0.354 e. The van der Waals surface area contributed by atoms with Gasteiger partial charge in [0.05, 0.1) is 17.2 Å². The number of aryl methyl sites for hydroxylation is 1. The van der Waals surface area contributed by atoms with Gasteiger partial charge in [-0.1, -0.05) is 0 Å². The SMILES string of the molecule is Cc1nc(CN(C)c2cc(Br)nc(C3CC3)n2)cs1. The quantitative estimate of drug-likeness (QED) is 0.800. The van der Waals surface area contributed by atoms with Gasteiger partial charge in [0.15, 0.2) is 0 Å². The van der Waals surface area contributed by atoms with Gasteiger partial charge in [-0.2, -0.15) is 0 Å². The van der Waals surface area contributed by atoms with Crippen LogP contribution in [0.15, 0.2) is 16.0 Å². The van der Waals surface area contributed by atoms with Crippen molar-refractivity contribution in [1.29, 1.82) is 0 Å². The first-order chi connectivity index (χ1) is 9.11. The van der Waals surface area contributed by atoms with Crippen LogP contribution in [0.2, 0.25) is 0 Å². The second kappa shape index (κ2) is 5.17. The topological polar surface area (TPSA) is 41.9 Å². The van der Waals surface area contributed by atoms with Crippen molar-refractivity contribution in [3.63, 3.8) is 0 Å². The summed E-state index contributed by atoms with van der Waals surface area (Å²) in [4.78, 5) is 15.7. The highest BCUT2D eigenvalue weighted by Crippen LogP contribution is 2.39. The van der Waals surface area contributed by atoms with E-state index in [2.05, 4.69) is 41.2 Å². The molecule has 1 fully saturated rings. The number of halogens is 1. The highest BCUT2D eigenvalue weighted by molar-refractivity contribution is 9.10. The first-order valence-corrected chi connectivity index (χ1v) is 7.95. The van der Waals surface area contributed by atoms with Crippen LogP contribution in [0, 0.1) is 6.92 Å². The molecule has 0 saturated heterocycles. The van der Waals surface area contributed by atoms with Gasteiger partial charge in [-0.25, -0.2) is 15.0 Å². The van der Waals surface area contributed by atoms with E-state index in [1.165, 1.54) is 12.8 Å². The molecule has 19 heavy (non-hydrogen) atoms. The lowest BCUT2D eigenvalue weighted by Crippen LogP contribution is -2.18. The summed E-state index contributed by atoms with van der Waals surface area (Å²) in [6.07, 6.45) is 2.43. The summed E-state index contributed by atoms with van der Waals surface area (Å²) in [5, 5.41) is 3.20. The van der Waals surface area contributed by atoms with Gasteiger partial charge in [0, 0.05) is 24.4 Å². The van der Waals surface area contributed by atoms with Crippen molar-refractivity contribution in [2.75, 3.05) is 11.9 Å². The van der Waals surface area contributed by atoms with Gasteiger partial charge < -0.3 is 4.90 Å². The fourth-order valence-corrected chi connectivity index (χ4v) is 2.94. The standard InChI is InChI=1S/C13H15BrN4S/c1-8-15-10(7-19-8)6-18(2)12-5-11(14)16-13(17-12)9-3-4-9/h5,7,9H,3-4,6H2,1-2H3. The van der Waals surface area contributed by atoms with Crippen LogP contribution in [-0.2, 0) is 6.54 Å². The van der Waals surface area contributed by atoms with Crippen LogP contribution < -0.4 is 4.90 Å². The summed E-state index contributed by atoms with van der Waals surface area (Å²) in [5.74, 6) is 2.48. The van der Waals surface area contributed by atoms with E-state index in [4.69, 9.17) is 0 Å². The molecule has 0 atom stereocenters. The predicted molar refractivity (Wildman–Crippen MR) is 80.7 cm³/mol. The van der Waals surface area contributed by atoms with E-state index in [1.54, 1.807) is 11.3 Å². The lowest BCUT2D eigenvalue weighted by molar-refractivity contribution is 0.834. The summed E-state index contributed by atoms with van der Waals surface area (Å²) in [6, 6.07) is 1.96. The normalized spacial score (nSPS) is 14.7. The zero-order chi connectivity index (χ0) is 13.4. The molecule has 1 aliphatic rings. The molecule has 0 aliphatic heterocycles. The molecule has 0 radical (unpaired) electrons. The van der Waals surface area contributed by atoms with Crippen molar-refractivity contribution >= 4 is 33.1 Å². The number of aromatic nitrogens is 3. The fourth-order valence-electron chi connectivity index (χ4n) is 1.95. The molecule has 4 nitrogen and oxygen atoms in total. The second-order valence-electron chi connectivity index (χ2n) is 4.90. The fraction of sp³-hybridized carbons (Fsp3) is 0.462. The minimum absolute atomic E-state index is 0.561. The summed E-state index contributed by atoms with van der Waals surface area (Å²) in [6.45, 7) is 2.80. The Morgan fingerprint density at radius 3 is 2.79 bits per heavy atom. The molecule has 2 aromatic heterocycles. The third kappa shape index (κ3) is 3.12. The van der Waals surface area contributed by atoms with E-state index < -0.39 is 0 Å². The lowest BCUT2D eigenvalue weighted by Gasteiger charge is -2.17. The molecular formula is C13H15BrN4S. The number of rotatable bonds is 4. The molecule has 1 aliphatic carbocycles. The van der Waals surface area contributed by atoms with Crippen LogP contribution in [-0.4, -0.2) is 22.0 Å². The third-order valence-corrected chi connectivity index (χ3v) is 4.33. The molecule has 0 spiro atoms. The first-order valence-electron chi connectivity index (χ1n) is 6.28. The van der Waals surface area contributed by atoms with E-state index in [0.29, 0.717) is 5.92 Å². The van der Waals surface area contributed by atoms with E-state index in [9.17, 15) is 0 Å². The van der Waals surface area contributed by atoms with Crippen molar-refractivity contribution in [1.82, 2.24) is 15.0 Å². The Kier molecular flexibility index (Phi) is 3.54. The highest BCUT2D eigenvalue weighted by Gasteiger charge is 2.27. The zero-order valence-corrected chi connectivity index (χ0v) is 13.3. The molecule has 6 heteroatoms. The zero-order valence-electron chi connectivity index (χ0n) is 10.9. The molecule has 0 bridgehead atoms. The minimum Gasteiger partial charge on any atom is -0.354 e. The predicted octanol–water partition coefficient (Wildman–Crippen LogP) is 3.52. The second-order valence-corrected chi connectivity index (χ2v) is 6.77. The van der Waals surface area contributed by atoms with Crippen LogP contribution >= 0.6 is 27.3 Å². The molecule has 2 heterocycles. The molecule has 0 aromatic carbocycles. The number of thiazole rings is 1. The maximum absolute atomic E-state index is 4.66. The maximum Gasteiger partial charge on any atom is 0.135 e. The third-order valence-electron chi connectivity index (χ3n) is 3.10. The average molecular weight is 339 g/mol. The van der Waals surface area contributed by atoms with Gasteiger partial charge in [-0.05, 0) is 35.7 Å². The maximum atomic E-state index is 4.66. The van der Waals surface area contributed by atoms with Crippen molar-refractivity contribution in [2.24, 2.45) is 0 Å². The molecule has 0 amide bonds. The van der Waals surface area contributed by atoms with E-state index >= 15 is 0 Å². The molecule has 1 saturated carbocycles. The van der Waals surface area contributed by atoms with Crippen molar-refractivity contribution in [3.05, 3.63) is 32.6 Å². The molecule has 0 unspecified atom stereocenters. The van der Waals surface area contributed by atoms with Gasteiger partial charge in [0.1, 0.15) is 16.2 Å². The van der Waals surface area contributed by atoms with Crippen LogP contribution in [0.5, 0.6) is 0 Å². The minimum atomic E-state index is 0.561. The molecule has 0 N–H and O–H groups in total. The number of hydrogen-bond acceptors (Lipinski definition) is 5. The Balaban J connectivity index is 1.80. The van der Waals surface area contributed by atoms with Crippen LogP contribution in [0.4, 0.5) is 5.82 Å². The van der Waals surface area contributed by atoms with Crippen LogP contribution in [0.3, 0.4) is 0 Å². The number of nitrogens with zero attached hydrogens (tertiary/aromatic N) is 4. The summed E-state index contributed by atoms with van der Waals surface area (Å²) < 4.78 is 0.862. The average Bonchev–Trinajstić information content (AvgIpc) is 3.13. The van der Waals surface area contributed by atoms with Crippen molar-refractivity contribution < 1.29 is 0 Å². The number of anilines is 1. The summed E-state index contributed by atoms with van der Waals surface area (Å²) in [5.41, 5.74) is 1.09. The Bertz CT molecular complexity index is 594. The Morgan fingerprint density at radius 1 is 1.37 bits per heavy atom. The smallest absolute Gasteiger partial charge is 0.135 e. The van der Waals surface area contributed by atoms with Crippen LogP contribution in [0.25, 0.3) is 0 Å². The molecule has 100 valence electrons. The highest BCUT2D eigenvalue weighted by atomic mass is 79.9. The lowest BCUT2D eigenvalue weighted by atomic mass is 10.3. The van der Waals surface area contributed by atoms with Gasteiger partial charge in [0.2, 0.25) is 0 Å². The Morgan fingerprint density at radius 2 is 2.16 bits per heavy atom. The van der Waals surface area contributed by atoms with Gasteiger partial charge >= 0.3 is 0 Å². The van der Waals surface area contributed by atoms with Gasteiger partial charge in [0.25, 0.3) is 0 Å². The van der Waals surface area contributed by atoms with E-state index in [0.717, 1.165) is 33.5 Å². The number of hydrogen-bond donors (Lipinski definition) is 0.